The molecule has 0 aromatic carbocycles. The van der Waals surface area contributed by atoms with Crippen LogP contribution < -0.4 is 10.6 Å². The molecule has 7 nitrogen and oxygen atoms in total. The Morgan fingerprint density at radius 2 is 1.81 bits per heavy atom. The van der Waals surface area contributed by atoms with Crippen LogP contribution in [0.1, 0.15) is 78.6 Å². The molecule has 3 rings (SSSR count). The Bertz CT molecular complexity index is 622. The Kier molecular flexibility index (Phi) is 9.78. The highest BCUT2D eigenvalue weighted by Gasteiger charge is 2.42. The summed E-state index contributed by atoms with van der Waals surface area (Å²) in [5.41, 5.74) is -0.769. The zero-order valence-electron chi connectivity index (χ0n) is 20.6. The van der Waals surface area contributed by atoms with Crippen molar-refractivity contribution >= 4 is 5.91 Å². The van der Waals surface area contributed by atoms with Crippen molar-refractivity contribution in [1.82, 2.24) is 20.4 Å². The number of nitrogens with one attached hydrogen (secondary N) is 2. The van der Waals surface area contributed by atoms with Crippen molar-refractivity contribution < 1.29 is 9.53 Å². The summed E-state index contributed by atoms with van der Waals surface area (Å²) in [6.07, 6.45) is 10.1. The third-order valence-electron chi connectivity index (χ3n) is 7.98. The molecule has 2 aliphatic heterocycles. The molecule has 182 valence electrons. The van der Waals surface area contributed by atoms with Crippen molar-refractivity contribution in [2.24, 2.45) is 5.92 Å². The first kappa shape index (κ1) is 25.4. The molecule has 32 heavy (non-hydrogen) atoms. The largest absolute Gasteiger partial charge is 0.379 e. The molecule has 0 spiro atoms. The van der Waals surface area contributed by atoms with Crippen molar-refractivity contribution in [2.45, 2.75) is 102 Å². The predicted octanol–water partition coefficient (Wildman–Crippen LogP) is 2.87. The Hall–Kier alpha value is -1.20. The van der Waals surface area contributed by atoms with Crippen LogP contribution in [0.3, 0.4) is 0 Å². The fraction of sp³-hybridized carbons (Fsp3) is 0.920. The van der Waals surface area contributed by atoms with Crippen LogP contribution in [0.15, 0.2) is 0 Å². The lowest BCUT2D eigenvalue weighted by atomic mass is 9.84. The zero-order chi connectivity index (χ0) is 23.0. The molecular weight excluding hydrogens is 402 g/mol. The second-order valence-electron chi connectivity index (χ2n) is 10.2. The molecule has 7 heteroatoms. The fourth-order valence-electron chi connectivity index (χ4n) is 5.87. The molecule has 1 aliphatic carbocycles. The van der Waals surface area contributed by atoms with Crippen LogP contribution in [-0.4, -0.2) is 78.9 Å². The topological polar surface area (TPSA) is 80.6 Å². The van der Waals surface area contributed by atoms with E-state index in [9.17, 15) is 10.1 Å². The van der Waals surface area contributed by atoms with Crippen LogP contribution >= 0.6 is 0 Å². The number of carbonyl (C=O) groups is 1. The normalized spacial score (nSPS) is 27.8. The van der Waals surface area contributed by atoms with E-state index in [0.29, 0.717) is 24.9 Å². The van der Waals surface area contributed by atoms with E-state index >= 15 is 0 Å². The first-order valence-corrected chi connectivity index (χ1v) is 13.1. The average Bonchev–Trinajstić information content (AvgIpc) is 3.24. The minimum atomic E-state index is -0.769. The number of nitriles is 1. The van der Waals surface area contributed by atoms with Gasteiger partial charge in [0.2, 0.25) is 5.91 Å². The highest BCUT2D eigenvalue weighted by Crippen LogP contribution is 2.29. The van der Waals surface area contributed by atoms with E-state index in [0.717, 1.165) is 52.1 Å². The van der Waals surface area contributed by atoms with Crippen molar-refractivity contribution in [3.63, 3.8) is 0 Å². The third-order valence-corrected chi connectivity index (χ3v) is 7.98. The van der Waals surface area contributed by atoms with Crippen LogP contribution in [0.25, 0.3) is 0 Å². The van der Waals surface area contributed by atoms with Gasteiger partial charge in [0.05, 0.1) is 31.5 Å². The lowest BCUT2D eigenvalue weighted by molar-refractivity contribution is -0.125. The van der Waals surface area contributed by atoms with Gasteiger partial charge in [0, 0.05) is 32.2 Å². The predicted molar refractivity (Wildman–Crippen MR) is 127 cm³/mol. The molecule has 0 aromatic heterocycles. The van der Waals surface area contributed by atoms with E-state index in [4.69, 9.17) is 4.74 Å². The Morgan fingerprint density at radius 1 is 1.12 bits per heavy atom. The van der Waals surface area contributed by atoms with Gasteiger partial charge >= 0.3 is 0 Å². The SMILES string of the molecule is CCC(CC)N1CCC(C#N)(NC(=O)[C@H](CC2CCCCC2)NC(C)N2CCOCC2)C1. The van der Waals surface area contributed by atoms with Gasteiger partial charge in [-0.2, -0.15) is 5.26 Å². The molecule has 3 aliphatic rings. The molecule has 3 atom stereocenters. The molecule has 0 radical (unpaired) electrons. The first-order valence-electron chi connectivity index (χ1n) is 13.1. The van der Waals surface area contributed by atoms with Crippen LogP contribution in [0.2, 0.25) is 0 Å². The lowest BCUT2D eigenvalue weighted by Gasteiger charge is -2.37. The molecule has 2 N–H and O–H groups in total. The van der Waals surface area contributed by atoms with Crippen LogP contribution in [0, 0.1) is 17.2 Å². The van der Waals surface area contributed by atoms with Gasteiger partial charge in [0.1, 0.15) is 5.54 Å². The molecule has 0 bridgehead atoms. The van der Waals surface area contributed by atoms with E-state index in [1.165, 1.54) is 32.1 Å². The first-order chi connectivity index (χ1) is 15.5. The van der Waals surface area contributed by atoms with Gasteiger partial charge in [-0.1, -0.05) is 46.0 Å². The molecule has 2 heterocycles. The van der Waals surface area contributed by atoms with E-state index in [1.807, 2.05) is 0 Å². The van der Waals surface area contributed by atoms with Crippen molar-refractivity contribution in [3.8, 4) is 6.07 Å². The summed E-state index contributed by atoms with van der Waals surface area (Å²) in [4.78, 5) is 18.3. The summed E-state index contributed by atoms with van der Waals surface area (Å²) in [5.74, 6) is 0.593. The van der Waals surface area contributed by atoms with Crippen LogP contribution in [-0.2, 0) is 9.53 Å². The molecule has 1 amide bonds. The van der Waals surface area contributed by atoms with E-state index in [-0.39, 0.29) is 18.1 Å². The van der Waals surface area contributed by atoms with Crippen molar-refractivity contribution in [3.05, 3.63) is 0 Å². The summed E-state index contributed by atoms with van der Waals surface area (Å²) >= 11 is 0. The third kappa shape index (κ3) is 6.66. The highest BCUT2D eigenvalue weighted by atomic mass is 16.5. The van der Waals surface area contributed by atoms with Gasteiger partial charge in [-0.25, -0.2) is 0 Å². The fourth-order valence-corrected chi connectivity index (χ4v) is 5.87. The number of likely N-dealkylation sites (tertiary alicyclic amines) is 1. The Labute approximate surface area is 195 Å². The monoisotopic (exact) mass is 447 g/mol. The number of rotatable bonds is 10. The highest BCUT2D eigenvalue weighted by molar-refractivity contribution is 5.83. The Morgan fingerprint density at radius 3 is 2.44 bits per heavy atom. The number of nitrogens with zero attached hydrogens (tertiary/aromatic N) is 3. The maximum atomic E-state index is 13.6. The zero-order valence-corrected chi connectivity index (χ0v) is 20.6. The van der Waals surface area contributed by atoms with Crippen LogP contribution in [0.4, 0.5) is 0 Å². The van der Waals surface area contributed by atoms with Crippen LogP contribution in [0.5, 0.6) is 0 Å². The molecule has 1 saturated carbocycles. The van der Waals surface area contributed by atoms with Crippen molar-refractivity contribution in [1.29, 1.82) is 5.26 Å². The standard InChI is InChI=1S/C25H45N5O2/c1-4-22(5-2)30-12-11-25(18-26,19-30)28-24(31)23(17-21-9-7-6-8-10-21)27-20(3)29-13-15-32-16-14-29/h20-23,27H,4-17,19H2,1-3H3,(H,28,31)/t20?,23-,25?/m0/s1. The summed E-state index contributed by atoms with van der Waals surface area (Å²) in [7, 11) is 0. The Balaban J connectivity index is 1.66. The van der Waals surface area contributed by atoms with E-state index in [2.05, 4.69) is 47.3 Å². The van der Waals surface area contributed by atoms with Gasteiger partial charge in [-0.05, 0) is 38.5 Å². The van der Waals surface area contributed by atoms with E-state index < -0.39 is 5.54 Å². The smallest absolute Gasteiger partial charge is 0.238 e. The second kappa shape index (κ2) is 12.3. The van der Waals surface area contributed by atoms with Gasteiger partial charge in [0.25, 0.3) is 0 Å². The average molecular weight is 448 g/mol. The summed E-state index contributed by atoms with van der Waals surface area (Å²) in [6.45, 7) is 11.3. The summed E-state index contributed by atoms with van der Waals surface area (Å²) in [6, 6.07) is 2.71. The number of hydrogen-bond acceptors (Lipinski definition) is 6. The number of morpholine rings is 1. The maximum absolute atomic E-state index is 13.6. The van der Waals surface area contributed by atoms with Gasteiger partial charge in [-0.3, -0.25) is 19.9 Å². The van der Waals surface area contributed by atoms with E-state index in [1.54, 1.807) is 0 Å². The van der Waals surface area contributed by atoms with Crippen molar-refractivity contribution in [2.75, 3.05) is 39.4 Å². The molecule has 3 fully saturated rings. The molecule has 0 aromatic rings. The number of ether oxygens (including phenoxy) is 1. The van der Waals surface area contributed by atoms with Gasteiger partial charge in [0.15, 0.2) is 0 Å². The minimum absolute atomic E-state index is 0.00336. The summed E-state index contributed by atoms with van der Waals surface area (Å²) < 4.78 is 5.50. The molecular formula is C25H45N5O2. The summed E-state index contributed by atoms with van der Waals surface area (Å²) in [5, 5.41) is 16.9. The van der Waals surface area contributed by atoms with Gasteiger partial charge in [-0.15, -0.1) is 0 Å². The second-order valence-corrected chi connectivity index (χ2v) is 10.2. The molecule has 2 saturated heterocycles. The lowest BCUT2D eigenvalue weighted by Crippen LogP contribution is -2.60. The quantitative estimate of drug-likeness (QED) is 0.536. The van der Waals surface area contributed by atoms with Gasteiger partial charge < -0.3 is 10.1 Å². The number of hydrogen-bond donors (Lipinski definition) is 2. The minimum Gasteiger partial charge on any atom is -0.379 e. The number of amides is 1. The maximum Gasteiger partial charge on any atom is 0.238 e. The molecule has 2 unspecified atom stereocenters. The number of carbonyl (C=O) groups excluding carboxylic acids is 1.